The van der Waals surface area contributed by atoms with Gasteiger partial charge in [-0.1, -0.05) is 32.4 Å². The van der Waals surface area contributed by atoms with Gasteiger partial charge in [0.15, 0.2) is 5.82 Å². The zero-order valence-corrected chi connectivity index (χ0v) is 16.4. The van der Waals surface area contributed by atoms with Gasteiger partial charge < -0.3 is 14.8 Å². The highest BCUT2D eigenvalue weighted by atomic mass is 16.2. The molecular formula is C21H29N5O. The first kappa shape index (κ1) is 18.0. The van der Waals surface area contributed by atoms with E-state index in [1.807, 2.05) is 29.2 Å². The van der Waals surface area contributed by atoms with Crippen molar-refractivity contribution in [1.82, 2.24) is 19.7 Å². The molecule has 1 aromatic carbocycles. The van der Waals surface area contributed by atoms with Gasteiger partial charge in [0.2, 0.25) is 0 Å². The molecule has 27 heavy (non-hydrogen) atoms. The highest BCUT2D eigenvalue weighted by Gasteiger charge is 2.32. The number of nitrogens with one attached hydrogen (secondary N) is 1. The van der Waals surface area contributed by atoms with E-state index in [2.05, 4.69) is 33.9 Å². The van der Waals surface area contributed by atoms with Crippen molar-refractivity contribution in [3.8, 4) is 11.4 Å². The fourth-order valence-corrected chi connectivity index (χ4v) is 4.60. The van der Waals surface area contributed by atoms with Gasteiger partial charge in [-0.3, -0.25) is 0 Å². The lowest BCUT2D eigenvalue weighted by Crippen LogP contribution is -2.46. The summed E-state index contributed by atoms with van der Waals surface area (Å²) in [5.74, 6) is 1.95. The largest absolute Gasteiger partial charge is 0.324 e. The third-order valence-corrected chi connectivity index (χ3v) is 5.90. The van der Waals surface area contributed by atoms with Crippen LogP contribution in [0.2, 0.25) is 0 Å². The van der Waals surface area contributed by atoms with Crippen LogP contribution in [-0.4, -0.2) is 38.8 Å². The van der Waals surface area contributed by atoms with Crippen molar-refractivity contribution in [2.45, 2.75) is 58.9 Å². The van der Waals surface area contributed by atoms with Crippen molar-refractivity contribution in [3.63, 3.8) is 0 Å². The second-order valence-electron chi connectivity index (χ2n) is 8.29. The molecule has 144 valence electrons. The molecule has 3 heterocycles. The number of likely N-dealkylation sites (tertiary alicyclic amines) is 1. The summed E-state index contributed by atoms with van der Waals surface area (Å²) >= 11 is 0. The van der Waals surface area contributed by atoms with E-state index in [1.165, 1.54) is 12.8 Å². The van der Waals surface area contributed by atoms with Crippen LogP contribution in [0.3, 0.4) is 0 Å². The zero-order valence-electron chi connectivity index (χ0n) is 16.4. The van der Waals surface area contributed by atoms with Crippen LogP contribution < -0.4 is 5.32 Å². The van der Waals surface area contributed by atoms with E-state index in [0.717, 1.165) is 68.2 Å². The second-order valence-corrected chi connectivity index (χ2v) is 8.29. The molecule has 2 aliphatic rings. The number of nitrogens with zero attached hydrogens (tertiary/aromatic N) is 4. The summed E-state index contributed by atoms with van der Waals surface area (Å²) in [6.45, 7) is 7.17. The van der Waals surface area contributed by atoms with Crippen molar-refractivity contribution >= 4 is 11.7 Å². The molecule has 1 saturated heterocycles. The summed E-state index contributed by atoms with van der Waals surface area (Å²) in [4.78, 5) is 14.8. The maximum absolute atomic E-state index is 12.8. The van der Waals surface area contributed by atoms with E-state index in [9.17, 15) is 4.79 Å². The molecule has 1 aromatic heterocycles. The molecule has 1 atom stereocenters. The molecule has 0 spiro atoms. The molecule has 1 N–H and O–H groups in total. The predicted octanol–water partition coefficient (Wildman–Crippen LogP) is 4.33. The molecule has 6 nitrogen and oxygen atoms in total. The van der Waals surface area contributed by atoms with Gasteiger partial charge in [-0.2, -0.15) is 0 Å². The van der Waals surface area contributed by atoms with E-state index in [1.54, 1.807) is 0 Å². The Labute approximate surface area is 161 Å². The summed E-state index contributed by atoms with van der Waals surface area (Å²) in [6.07, 6.45) is 6.74. The first-order chi connectivity index (χ1) is 13.1. The normalized spacial score (nSPS) is 21.9. The number of carbonyl (C=O) groups is 1. The van der Waals surface area contributed by atoms with Crippen LogP contribution in [0.4, 0.5) is 10.5 Å². The summed E-state index contributed by atoms with van der Waals surface area (Å²) in [7, 11) is 0. The molecule has 0 radical (unpaired) electrons. The Hall–Kier alpha value is -2.37. The van der Waals surface area contributed by atoms with E-state index >= 15 is 0 Å². The van der Waals surface area contributed by atoms with Gasteiger partial charge in [0, 0.05) is 37.3 Å². The third kappa shape index (κ3) is 3.70. The van der Waals surface area contributed by atoms with E-state index in [-0.39, 0.29) is 11.4 Å². The lowest BCUT2D eigenvalue weighted by molar-refractivity contribution is 0.117. The monoisotopic (exact) mass is 367 g/mol. The van der Waals surface area contributed by atoms with E-state index < -0.39 is 0 Å². The van der Waals surface area contributed by atoms with Gasteiger partial charge in [0.25, 0.3) is 0 Å². The number of aromatic nitrogens is 3. The Kier molecular flexibility index (Phi) is 4.89. The average Bonchev–Trinajstić information content (AvgIpc) is 3.25. The highest BCUT2D eigenvalue weighted by Crippen LogP contribution is 2.34. The van der Waals surface area contributed by atoms with Crippen LogP contribution in [0, 0.1) is 5.41 Å². The number of benzene rings is 1. The number of hydrogen-bond donors (Lipinski definition) is 1. The molecule has 6 heteroatoms. The van der Waals surface area contributed by atoms with Gasteiger partial charge in [-0.05, 0) is 43.2 Å². The van der Waals surface area contributed by atoms with Gasteiger partial charge in [0.1, 0.15) is 5.82 Å². The smallest absolute Gasteiger partial charge is 0.321 e. The Bertz CT molecular complexity index is 826. The Morgan fingerprint density at radius 2 is 2.15 bits per heavy atom. The van der Waals surface area contributed by atoms with Crippen LogP contribution in [0.15, 0.2) is 24.3 Å². The predicted molar refractivity (Wildman–Crippen MR) is 107 cm³/mol. The maximum atomic E-state index is 12.8. The van der Waals surface area contributed by atoms with Crippen LogP contribution in [0.25, 0.3) is 11.4 Å². The number of anilines is 1. The first-order valence-electron chi connectivity index (χ1n) is 10.2. The minimum atomic E-state index is 0.000602. The minimum absolute atomic E-state index is 0.000602. The fourth-order valence-electron chi connectivity index (χ4n) is 4.60. The topological polar surface area (TPSA) is 63.1 Å². The highest BCUT2D eigenvalue weighted by molar-refractivity contribution is 5.90. The Morgan fingerprint density at radius 1 is 1.26 bits per heavy atom. The average molecular weight is 367 g/mol. The summed E-state index contributed by atoms with van der Waals surface area (Å²) < 4.78 is 2.18. The molecule has 2 aliphatic heterocycles. The fraction of sp³-hybridized carbons (Fsp3) is 0.571. The van der Waals surface area contributed by atoms with E-state index in [4.69, 9.17) is 0 Å². The van der Waals surface area contributed by atoms with Crippen LogP contribution >= 0.6 is 0 Å². The van der Waals surface area contributed by atoms with Crippen molar-refractivity contribution in [3.05, 3.63) is 30.1 Å². The number of rotatable bonds is 4. The summed E-state index contributed by atoms with van der Waals surface area (Å²) in [5.41, 5.74) is 2.06. The number of hydrogen-bond acceptors (Lipinski definition) is 3. The Morgan fingerprint density at radius 3 is 3.00 bits per heavy atom. The first-order valence-corrected chi connectivity index (χ1v) is 10.2. The number of piperidine rings is 1. The summed E-state index contributed by atoms with van der Waals surface area (Å²) in [5, 5.41) is 11.7. The number of fused-ring (bicyclic) bond motifs is 1. The zero-order chi connectivity index (χ0) is 18.9. The van der Waals surface area contributed by atoms with Crippen molar-refractivity contribution in [2.24, 2.45) is 5.41 Å². The molecule has 1 unspecified atom stereocenters. The van der Waals surface area contributed by atoms with Gasteiger partial charge in [-0.25, -0.2) is 4.79 Å². The van der Waals surface area contributed by atoms with Crippen LogP contribution in [-0.2, 0) is 13.0 Å². The standard InChI is InChI=1S/C21H29N5O/c1-3-10-21(2)11-6-12-25(15-21)20(27)22-17-8-4-7-16(14-17)19-24-23-18-9-5-13-26(18)19/h4,7-8,14H,3,5-6,9-13,15H2,1-2H3,(H,22,27). The number of carbonyl (C=O) groups excluding carboxylic acids is 1. The lowest BCUT2D eigenvalue weighted by Gasteiger charge is -2.40. The van der Waals surface area contributed by atoms with Gasteiger partial charge in [-0.15, -0.1) is 10.2 Å². The molecule has 0 aliphatic carbocycles. The van der Waals surface area contributed by atoms with Crippen molar-refractivity contribution < 1.29 is 4.79 Å². The SMILES string of the molecule is CCCC1(C)CCCN(C(=O)Nc2cccc(-c3nnc4n3CCC4)c2)C1. The van der Waals surface area contributed by atoms with Crippen LogP contribution in [0.5, 0.6) is 0 Å². The van der Waals surface area contributed by atoms with Crippen molar-refractivity contribution in [2.75, 3.05) is 18.4 Å². The van der Waals surface area contributed by atoms with Gasteiger partial charge >= 0.3 is 6.03 Å². The molecule has 2 amide bonds. The van der Waals surface area contributed by atoms with Gasteiger partial charge in [0.05, 0.1) is 0 Å². The number of aryl methyl sites for hydroxylation is 1. The minimum Gasteiger partial charge on any atom is -0.324 e. The molecule has 0 bridgehead atoms. The van der Waals surface area contributed by atoms with Crippen LogP contribution in [0.1, 0.15) is 51.8 Å². The summed E-state index contributed by atoms with van der Waals surface area (Å²) in [6, 6.07) is 7.95. The molecule has 4 rings (SSSR count). The van der Waals surface area contributed by atoms with Crippen molar-refractivity contribution in [1.29, 1.82) is 0 Å². The molecule has 0 saturated carbocycles. The lowest BCUT2D eigenvalue weighted by atomic mass is 9.78. The third-order valence-electron chi connectivity index (χ3n) is 5.90. The molecule has 2 aromatic rings. The molecule has 1 fully saturated rings. The van der Waals surface area contributed by atoms with E-state index in [0.29, 0.717) is 0 Å². The second kappa shape index (κ2) is 7.33. The maximum Gasteiger partial charge on any atom is 0.321 e. The quantitative estimate of drug-likeness (QED) is 0.875. The number of amides is 2. The Balaban J connectivity index is 1.47. The molecular weight excluding hydrogens is 338 g/mol. The number of urea groups is 1.